The molecule has 0 bridgehead atoms. The number of rotatable bonds is 2. The standard InChI is InChI=1S/C33H20N2O/c1-2-11-28-24(8-1)25-9-3-5-14-29(25)35-30(20-34-33(28)35)22-18-16-21(17-19-22)23-12-7-13-27-26-10-4-6-15-31(26)36-32(23)27/h1-20H. The van der Waals surface area contributed by atoms with E-state index in [1.807, 2.05) is 18.3 Å². The van der Waals surface area contributed by atoms with Crippen LogP contribution in [0.25, 0.3) is 71.6 Å². The van der Waals surface area contributed by atoms with E-state index in [9.17, 15) is 0 Å². The Morgan fingerprint density at radius 1 is 0.528 bits per heavy atom. The highest BCUT2D eigenvalue weighted by atomic mass is 16.3. The molecule has 8 aromatic rings. The van der Waals surface area contributed by atoms with Crippen molar-refractivity contribution in [3.05, 3.63) is 121 Å². The van der Waals surface area contributed by atoms with E-state index < -0.39 is 0 Å². The van der Waals surface area contributed by atoms with Gasteiger partial charge in [-0.1, -0.05) is 103 Å². The first kappa shape index (κ1) is 19.4. The van der Waals surface area contributed by atoms with Crippen molar-refractivity contribution in [2.24, 2.45) is 0 Å². The van der Waals surface area contributed by atoms with E-state index in [2.05, 4.69) is 108 Å². The molecule has 0 amide bonds. The summed E-state index contributed by atoms with van der Waals surface area (Å²) in [4.78, 5) is 4.87. The van der Waals surface area contributed by atoms with Crippen LogP contribution in [0.15, 0.2) is 126 Å². The van der Waals surface area contributed by atoms with Crippen molar-refractivity contribution in [1.82, 2.24) is 9.38 Å². The van der Waals surface area contributed by atoms with Crippen molar-refractivity contribution in [2.45, 2.75) is 0 Å². The maximum Gasteiger partial charge on any atom is 0.145 e. The summed E-state index contributed by atoms with van der Waals surface area (Å²) in [5.74, 6) is 0. The molecule has 0 aliphatic carbocycles. The van der Waals surface area contributed by atoms with E-state index in [1.165, 1.54) is 10.8 Å². The molecule has 0 aliphatic rings. The zero-order valence-corrected chi connectivity index (χ0v) is 19.3. The Bertz CT molecular complexity index is 2100. The summed E-state index contributed by atoms with van der Waals surface area (Å²) in [5.41, 5.74) is 8.44. The summed E-state index contributed by atoms with van der Waals surface area (Å²) >= 11 is 0. The third-order valence-electron chi connectivity index (χ3n) is 7.26. The lowest BCUT2D eigenvalue weighted by molar-refractivity contribution is 0.670. The van der Waals surface area contributed by atoms with Gasteiger partial charge in [-0.05, 0) is 23.1 Å². The van der Waals surface area contributed by atoms with Gasteiger partial charge in [0.05, 0.1) is 17.4 Å². The number of aromatic nitrogens is 2. The minimum Gasteiger partial charge on any atom is -0.455 e. The summed E-state index contributed by atoms with van der Waals surface area (Å²) in [6, 6.07) is 40.4. The molecule has 0 fully saturated rings. The summed E-state index contributed by atoms with van der Waals surface area (Å²) < 4.78 is 8.56. The first-order valence-electron chi connectivity index (χ1n) is 12.1. The van der Waals surface area contributed by atoms with E-state index in [0.717, 1.165) is 60.9 Å². The van der Waals surface area contributed by atoms with Crippen LogP contribution in [0.4, 0.5) is 0 Å². The van der Waals surface area contributed by atoms with Gasteiger partial charge in [-0.25, -0.2) is 4.98 Å². The van der Waals surface area contributed by atoms with Gasteiger partial charge >= 0.3 is 0 Å². The highest BCUT2D eigenvalue weighted by Gasteiger charge is 2.15. The molecule has 0 saturated carbocycles. The first-order valence-corrected chi connectivity index (χ1v) is 12.1. The number of hydrogen-bond donors (Lipinski definition) is 0. The summed E-state index contributed by atoms with van der Waals surface area (Å²) in [5, 5.41) is 5.92. The first-order chi connectivity index (χ1) is 17.9. The molecule has 168 valence electrons. The van der Waals surface area contributed by atoms with Crippen molar-refractivity contribution in [3.8, 4) is 22.4 Å². The number of fused-ring (bicyclic) bond motifs is 9. The fourth-order valence-electron chi connectivity index (χ4n) is 5.59. The van der Waals surface area contributed by atoms with Crippen molar-refractivity contribution in [3.63, 3.8) is 0 Å². The Morgan fingerprint density at radius 3 is 2.06 bits per heavy atom. The zero-order valence-electron chi connectivity index (χ0n) is 19.3. The van der Waals surface area contributed by atoms with Gasteiger partial charge < -0.3 is 4.42 Å². The maximum absolute atomic E-state index is 6.27. The average molecular weight is 461 g/mol. The van der Waals surface area contributed by atoms with E-state index in [1.54, 1.807) is 0 Å². The Kier molecular flexibility index (Phi) is 3.94. The Balaban J connectivity index is 1.32. The van der Waals surface area contributed by atoms with Crippen LogP contribution in [0, 0.1) is 0 Å². The number of pyridine rings is 1. The predicted octanol–water partition coefficient (Wildman–Crippen LogP) is 8.87. The number of benzene rings is 5. The maximum atomic E-state index is 6.27. The van der Waals surface area contributed by atoms with Crippen LogP contribution in [0.3, 0.4) is 0 Å². The Hall–Kier alpha value is -4.89. The second-order valence-electron chi connectivity index (χ2n) is 9.22. The lowest BCUT2D eigenvalue weighted by Crippen LogP contribution is -1.93. The smallest absolute Gasteiger partial charge is 0.145 e. The number of imidazole rings is 1. The molecule has 0 atom stereocenters. The van der Waals surface area contributed by atoms with Crippen LogP contribution in [0.1, 0.15) is 0 Å². The Morgan fingerprint density at radius 2 is 1.19 bits per heavy atom. The average Bonchev–Trinajstić information content (AvgIpc) is 3.56. The lowest BCUT2D eigenvalue weighted by atomic mass is 10.0. The fraction of sp³-hybridized carbons (Fsp3) is 0. The zero-order chi connectivity index (χ0) is 23.6. The third kappa shape index (κ3) is 2.65. The number of nitrogens with zero attached hydrogens (tertiary/aromatic N) is 2. The molecule has 0 radical (unpaired) electrons. The summed E-state index contributed by atoms with van der Waals surface area (Å²) in [6.07, 6.45) is 1.99. The number of hydrogen-bond acceptors (Lipinski definition) is 2. The van der Waals surface area contributed by atoms with Gasteiger partial charge in [0.25, 0.3) is 0 Å². The van der Waals surface area contributed by atoms with E-state index in [4.69, 9.17) is 9.40 Å². The fourth-order valence-corrected chi connectivity index (χ4v) is 5.59. The highest BCUT2D eigenvalue weighted by molar-refractivity contribution is 6.12. The third-order valence-corrected chi connectivity index (χ3v) is 7.26. The van der Waals surface area contributed by atoms with Crippen LogP contribution in [-0.2, 0) is 0 Å². The molecule has 5 aromatic carbocycles. The molecule has 3 heterocycles. The van der Waals surface area contributed by atoms with Gasteiger partial charge in [-0.3, -0.25) is 4.40 Å². The van der Waals surface area contributed by atoms with Gasteiger partial charge in [-0.2, -0.15) is 0 Å². The minimum atomic E-state index is 0.918. The Labute approximate surface area is 206 Å². The second kappa shape index (κ2) is 7.30. The molecule has 0 saturated heterocycles. The van der Waals surface area contributed by atoms with Crippen LogP contribution in [0.2, 0.25) is 0 Å². The molecule has 3 heteroatoms. The minimum absolute atomic E-state index is 0.918. The molecule has 0 N–H and O–H groups in total. The monoisotopic (exact) mass is 460 g/mol. The predicted molar refractivity (Wildman–Crippen MR) is 148 cm³/mol. The highest BCUT2D eigenvalue weighted by Crippen LogP contribution is 2.37. The summed E-state index contributed by atoms with van der Waals surface area (Å²) in [6.45, 7) is 0. The van der Waals surface area contributed by atoms with Crippen molar-refractivity contribution < 1.29 is 4.42 Å². The van der Waals surface area contributed by atoms with Gasteiger partial charge in [0.1, 0.15) is 16.8 Å². The van der Waals surface area contributed by atoms with Gasteiger partial charge in [0.2, 0.25) is 0 Å². The topological polar surface area (TPSA) is 30.4 Å². The van der Waals surface area contributed by atoms with Crippen molar-refractivity contribution in [2.75, 3.05) is 0 Å². The van der Waals surface area contributed by atoms with Crippen LogP contribution in [0.5, 0.6) is 0 Å². The van der Waals surface area contributed by atoms with E-state index in [-0.39, 0.29) is 0 Å². The number of para-hydroxylation sites is 3. The molecule has 8 rings (SSSR count). The van der Waals surface area contributed by atoms with E-state index >= 15 is 0 Å². The van der Waals surface area contributed by atoms with E-state index in [0.29, 0.717) is 0 Å². The molecule has 3 nitrogen and oxygen atoms in total. The van der Waals surface area contributed by atoms with Crippen LogP contribution in [-0.4, -0.2) is 9.38 Å². The normalized spacial score (nSPS) is 11.9. The molecular weight excluding hydrogens is 440 g/mol. The molecule has 0 aliphatic heterocycles. The number of furan rings is 1. The van der Waals surface area contributed by atoms with Crippen molar-refractivity contribution >= 4 is 49.3 Å². The van der Waals surface area contributed by atoms with Crippen LogP contribution < -0.4 is 0 Å². The van der Waals surface area contributed by atoms with Gasteiger partial charge in [-0.15, -0.1) is 0 Å². The summed E-state index contributed by atoms with van der Waals surface area (Å²) in [7, 11) is 0. The lowest BCUT2D eigenvalue weighted by Gasteiger charge is -2.11. The molecule has 0 spiro atoms. The molecule has 0 unspecified atom stereocenters. The second-order valence-corrected chi connectivity index (χ2v) is 9.22. The molecular formula is C33H20N2O. The van der Waals surface area contributed by atoms with Crippen molar-refractivity contribution in [1.29, 1.82) is 0 Å². The SMILES string of the molecule is c1ccc2c(c1)oc1c(-c3ccc(-c4cnc5c6ccccc6c6ccccc6n45)cc3)cccc12. The van der Waals surface area contributed by atoms with Crippen LogP contribution >= 0.6 is 0 Å². The quantitative estimate of drug-likeness (QED) is 0.241. The molecule has 3 aromatic heterocycles. The van der Waals surface area contributed by atoms with Gasteiger partial charge in [0, 0.05) is 32.7 Å². The molecule has 36 heavy (non-hydrogen) atoms. The van der Waals surface area contributed by atoms with Gasteiger partial charge in [0.15, 0.2) is 0 Å². The largest absolute Gasteiger partial charge is 0.455 e.